The Labute approximate surface area is 104 Å². The minimum atomic E-state index is -0.699. The molecule has 4 heteroatoms. The van der Waals surface area contributed by atoms with Crippen molar-refractivity contribution in [2.45, 2.75) is 13.5 Å². The SMILES string of the molecule is Cc1ccccc1C[N+]1([O-])C=CC=CC1=S=O. The van der Waals surface area contributed by atoms with Crippen molar-refractivity contribution in [1.82, 2.24) is 0 Å². The summed E-state index contributed by atoms with van der Waals surface area (Å²) in [4.78, 5) is 0.274. The van der Waals surface area contributed by atoms with Crippen LogP contribution < -0.4 is 0 Å². The van der Waals surface area contributed by atoms with E-state index in [1.54, 1.807) is 18.2 Å². The molecule has 0 saturated carbocycles. The van der Waals surface area contributed by atoms with Crippen LogP contribution in [-0.4, -0.2) is 13.8 Å². The van der Waals surface area contributed by atoms with Gasteiger partial charge in [-0.2, -0.15) is 0 Å². The third-order valence-electron chi connectivity index (χ3n) is 2.80. The van der Waals surface area contributed by atoms with Crippen molar-refractivity contribution < 1.29 is 8.86 Å². The Morgan fingerprint density at radius 3 is 2.76 bits per heavy atom. The Balaban J connectivity index is 2.35. The highest BCUT2D eigenvalue weighted by atomic mass is 32.1. The Kier molecular flexibility index (Phi) is 3.38. The van der Waals surface area contributed by atoms with E-state index in [4.69, 9.17) is 0 Å². The summed E-state index contributed by atoms with van der Waals surface area (Å²) >= 11 is 0.266. The summed E-state index contributed by atoms with van der Waals surface area (Å²) in [6.45, 7) is 2.23. The monoisotopic (exact) mass is 247 g/mol. The molecule has 0 spiro atoms. The topological polar surface area (TPSA) is 40.1 Å². The molecule has 0 bridgehead atoms. The van der Waals surface area contributed by atoms with Crippen LogP contribution in [0.1, 0.15) is 11.1 Å². The molecule has 0 aliphatic carbocycles. The van der Waals surface area contributed by atoms with Gasteiger partial charge in [-0.05, 0) is 18.6 Å². The molecule has 88 valence electrons. The number of benzene rings is 1. The number of nitrogens with zero attached hydrogens (tertiary/aromatic N) is 1. The molecule has 1 aromatic carbocycles. The van der Waals surface area contributed by atoms with Crippen molar-refractivity contribution in [2.75, 3.05) is 0 Å². The fourth-order valence-corrected chi connectivity index (χ4v) is 2.17. The second-order valence-corrected chi connectivity index (χ2v) is 4.59. The molecule has 2 rings (SSSR count). The minimum Gasteiger partial charge on any atom is -0.621 e. The van der Waals surface area contributed by atoms with Crippen molar-refractivity contribution in [3.63, 3.8) is 0 Å². The largest absolute Gasteiger partial charge is 0.621 e. The van der Waals surface area contributed by atoms with Crippen LogP contribution in [0.5, 0.6) is 0 Å². The van der Waals surface area contributed by atoms with Gasteiger partial charge in [0.1, 0.15) is 12.7 Å². The lowest BCUT2D eigenvalue weighted by molar-refractivity contribution is -0.744. The smallest absolute Gasteiger partial charge is 0.231 e. The van der Waals surface area contributed by atoms with E-state index in [9.17, 15) is 9.42 Å². The van der Waals surface area contributed by atoms with Crippen LogP contribution in [0, 0.1) is 12.1 Å². The van der Waals surface area contributed by atoms with Gasteiger partial charge in [-0.1, -0.05) is 30.3 Å². The summed E-state index contributed by atoms with van der Waals surface area (Å²) in [5, 5.41) is 12.5. The highest BCUT2D eigenvalue weighted by Crippen LogP contribution is 2.20. The fourth-order valence-electron chi connectivity index (χ4n) is 1.79. The highest BCUT2D eigenvalue weighted by Gasteiger charge is 2.23. The van der Waals surface area contributed by atoms with E-state index in [1.807, 2.05) is 31.2 Å². The van der Waals surface area contributed by atoms with Gasteiger partial charge in [0.2, 0.25) is 4.99 Å². The molecule has 0 N–H and O–H groups in total. The predicted molar refractivity (Wildman–Crippen MR) is 69.9 cm³/mol. The molecule has 0 radical (unpaired) electrons. The van der Waals surface area contributed by atoms with E-state index in [2.05, 4.69) is 0 Å². The standard InChI is InChI=1S/C13H13NO2S/c1-11-6-2-3-7-12(11)10-14(15)9-5-4-8-13(14)17-16/h2-9H,10H2,1H3. The van der Waals surface area contributed by atoms with Crippen LogP contribution in [0.4, 0.5) is 0 Å². The van der Waals surface area contributed by atoms with Crippen molar-refractivity contribution in [3.05, 3.63) is 65.0 Å². The van der Waals surface area contributed by atoms with E-state index >= 15 is 0 Å². The minimum absolute atomic E-state index is 0.262. The first-order valence-electron chi connectivity index (χ1n) is 5.32. The van der Waals surface area contributed by atoms with Crippen LogP contribution >= 0.6 is 0 Å². The molecule has 17 heavy (non-hydrogen) atoms. The number of aryl methyl sites for hydroxylation is 1. The lowest BCUT2D eigenvalue weighted by atomic mass is 10.1. The van der Waals surface area contributed by atoms with Crippen LogP contribution in [0.25, 0.3) is 0 Å². The summed E-state index contributed by atoms with van der Waals surface area (Å²) in [6.07, 6.45) is 6.49. The van der Waals surface area contributed by atoms with Crippen molar-refractivity contribution >= 4 is 16.2 Å². The van der Waals surface area contributed by atoms with Gasteiger partial charge in [0.05, 0.1) is 0 Å². The Hall–Kier alpha value is -1.49. The Morgan fingerprint density at radius 2 is 2.06 bits per heavy atom. The predicted octanol–water partition coefficient (Wildman–Crippen LogP) is 2.24. The van der Waals surface area contributed by atoms with E-state index in [-0.39, 0.29) is 22.8 Å². The molecular weight excluding hydrogens is 234 g/mol. The zero-order valence-electron chi connectivity index (χ0n) is 9.50. The molecule has 3 nitrogen and oxygen atoms in total. The molecule has 1 aliphatic rings. The number of hydroxylamine groups is 3. The summed E-state index contributed by atoms with van der Waals surface area (Å²) in [7, 11) is 0. The molecule has 0 fully saturated rings. The maximum Gasteiger partial charge on any atom is 0.231 e. The maximum absolute atomic E-state index is 12.5. The lowest BCUT2D eigenvalue weighted by Crippen LogP contribution is -2.42. The first kappa shape index (κ1) is 12.0. The highest BCUT2D eigenvalue weighted by molar-refractivity contribution is 7.66. The van der Waals surface area contributed by atoms with Crippen LogP contribution in [0.15, 0.2) is 48.7 Å². The number of quaternary nitrogens is 1. The average Bonchev–Trinajstić information content (AvgIpc) is 2.32. The number of hydrogen-bond acceptors (Lipinski definition) is 2. The molecular formula is C13H13NO2S. The Bertz CT molecular complexity index is 544. The third kappa shape index (κ3) is 2.44. The van der Waals surface area contributed by atoms with Crippen LogP contribution in [-0.2, 0) is 17.8 Å². The zero-order chi connectivity index (χ0) is 12.3. The Morgan fingerprint density at radius 1 is 1.29 bits per heavy atom. The van der Waals surface area contributed by atoms with Gasteiger partial charge >= 0.3 is 0 Å². The van der Waals surface area contributed by atoms with Gasteiger partial charge in [-0.25, -0.2) is 4.21 Å². The average molecular weight is 247 g/mol. The number of hydrogen-bond donors (Lipinski definition) is 0. The lowest BCUT2D eigenvalue weighted by Gasteiger charge is -2.38. The second-order valence-electron chi connectivity index (χ2n) is 4.00. The zero-order valence-corrected chi connectivity index (χ0v) is 10.3. The van der Waals surface area contributed by atoms with Crippen molar-refractivity contribution in [3.8, 4) is 0 Å². The maximum atomic E-state index is 12.5. The molecule has 1 unspecified atom stereocenters. The number of rotatable bonds is 2. The molecule has 1 atom stereocenters. The van der Waals surface area contributed by atoms with E-state index in [0.29, 0.717) is 0 Å². The molecule has 0 saturated heterocycles. The molecule has 1 aliphatic heterocycles. The second kappa shape index (κ2) is 4.79. The summed E-state index contributed by atoms with van der Waals surface area (Å²) in [6, 6.07) is 7.73. The number of allylic oxidation sites excluding steroid dienone is 2. The molecule has 0 aromatic heterocycles. The molecule has 0 amide bonds. The van der Waals surface area contributed by atoms with Gasteiger partial charge in [0, 0.05) is 11.6 Å². The van der Waals surface area contributed by atoms with Gasteiger partial charge in [-0.15, -0.1) is 0 Å². The first-order valence-corrected chi connectivity index (χ1v) is 6.06. The first-order chi connectivity index (χ1) is 8.15. The van der Waals surface area contributed by atoms with E-state index < -0.39 is 4.65 Å². The van der Waals surface area contributed by atoms with E-state index in [0.717, 1.165) is 11.1 Å². The molecule has 1 heterocycles. The van der Waals surface area contributed by atoms with E-state index in [1.165, 1.54) is 6.20 Å². The van der Waals surface area contributed by atoms with Crippen molar-refractivity contribution in [1.29, 1.82) is 0 Å². The van der Waals surface area contributed by atoms with Gasteiger partial charge in [0.15, 0.2) is 11.3 Å². The quantitative estimate of drug-likeness (QED) is 0.457. The van der Waals surface area contributed by atoms with Gasteiger partial charge < -0.3 is 5.21 Å². The third-order valence-corrected chi connectivity index (χ3v) is 3.42. The van der Waals surface area contributed by atoms with Crippen molar-refractivity contribution in [2.24, 2.45) is 0 Å². The summed E-state index contributed by atoms with van der Waals surface area (Å²) < 4.78 is 10.3. The summed E-state index contributed by atoms with van der Waals surface area (Å²) in [5.41, 5.74) is 2.04. The van der Waals surface area contributed by atoms with Crippen LogP contribution in [0.2, 0.25) is 0 Å². The molecule has 1 aromatic rings. The van der Waals surface area contributed by atoms with Crippen LogP contribution in [0.3, 0.4) is 0 Å². The normalized spacial score (nSPS) is 22.8. The van der Waals surface area contributed by atoms with Gasteiger partial charge in [-0.3, -0.25) is 4.65 Å². The summed E-state index contributed by atoms with van der Waals surface area (Å²) in [5.74, 6) is 0. The van der Waals surface area contributed by atoms with Gasteiger partial charge in [0.25, 0.3) is 0 Å². The fraction of sp³-hybridized carbons (Fsp3) is 0.154.